The molecular formula is C25H36N4O3. The fourth-order valence-electron chi connectivity index (χ4n) is 3.78. The molecule has 2 aromatic rings. The number of aromatic nitrogens is 1. The molecule has 0 aliphatic carbocycles. The van der Waals surface area contributed by atoms with Crippen LogP contribution in [0.3, 0.4) is 0 Å². The van der Waals surface area contributed by atoms with E-state index in [1.165, 1.54) is 24.8 Å². The molecule has 1 saturated heterocycles. The number of anilines is 3. The van der Waals surface area contributed by atoms with Crippen molar-refractivity contribution >= 4 is 23.1 Å². The molecule has 7 heteroatoms. The van der Waals surface area contributed by atoms with E-state index in [1.54, 1.807) is 12.3 Å². The van der Waals surface area contributed by atoms with E-state index < -0.39 is 0 Å². The van der Waals surface area contributed by atoms with Crippen LogP contribution in [-0.2, 0) is 10.2 Å². The van der Waals surface area contributed by atoms with Gasteiger partial charge in [0.15, 0.2) is 6.61 Å². The molecule has 3 rings (SSSR count). The molecule has 2 heterocycles. The molecule has 0 bridgehead atoms. The maximum absolute atomic E-state index is 12.5. The Bertz CT molecular complexity index is 887. The summed E-state index contributed by atoms with van der Waals surface area (Å²) in [7, 11) is 1.86. The second-order valence-electron chi connectivity index (χ2n) is 9.37. The van der Waals surface area contributed by atoms with Gasteiger partial charge in [-0.3, -0.25) is 4.79 Å². The van der Waals surface area contributed by atoms with Gasteiger partial charge < -0.3 is 25.0 Å². The minimum atomic E-state index is -0.229. The van der Waals surface area contributed by atoms with E-state index in [0.717, 1.165) is 30.3 Å². The third-order valence-corrected chi connectivity index (χ3v) is 5.74. The highest BCUT2D eigenvalue weighted by Crippen LogP contribution is 2.35. The zero-order valence-corrected chi connectivity index (χ0v) is 19.7. The van der Waals surface area contributed by atoms with E-state index in [4.69, 9.17) is 9.84 Å². The lowest BCUT2D eigenvalue weighted by atomic mass is 9.86. The Balaban J connectivity index is 1.65. The lowest BCUT2D eigenvalue weighted by Crippen LogP contribution is -2.30. The maximum atomic E-state index is 12.5. The van der Waals surface area contributed by atoms with Crippen molar-refractivity contribution in [2.75, 3.05) is 55.0 Å². The third-order valence-electron chi connectivity index (χ3n) is 5.74. The van der Waals surface area contributed by atoms with Crippen LogP contribution < -0.4 is 19.9 Å². The van der Waals surface area contributed by atoms with E-state index in [1.807, 2.05) is 24.1 Å². The van der Waals surface area contributed by atoms with Crippen LogP contribution in [0.1, 0.15) is 45.6 Å². The van der Waals surface area contributed by atoms with Gasteiger partial charge in [0.25, 0.3) is 5.91 Å². The number of hydrogen-bond donors (Lipinski definition) is 2. The summed E-state index contributed by atoms with van der Waals surface area (Å²) in [6.45, 7) is 9.13. The topological polar surface area (TPSA) is 77.9 Å². The number of aliphatic hydroxyl groups excluding tert-OH is 1. The highest BCUT2D eigenvalue weighted by Gasteiger charge is 2.21. The molecule has 1 amide bonds. The van der Waals surface area contributed by atoms with Crippen molar-refractivity contribution in [3.05, 3.63) is 42.1 Å². The molecule has 1 aromatic heterocycles. The zero-order valence-electron chi connectivity index (χ0n) is 19.7. The van der Waals surface area contributed by atoms with Crippen LogP contribution in [0.4, 0.5) is 17.2 Å². The summed E-state index contributed by atoms with van der Waals surface area (Å²) >= 11 is 0. The molecule has 7 nitrogen and oxygen atoms in total. The van der Waals surface area contributed by atoms with Crippen LogP contribution in [0.2, 0.25) is 0 Å². The lowest BCUT2D eigenvalue weighted by Gasteiger charge is -2.32. The summed E-state index contributed by atoms with van der Waals surface area (Å²) in [5.74, 6) is 1.25. The molecule has 0 spiro atoms. The summed E-state index contributed by atoms with van der Waals surface area (Å²) in [5, 5.41) is 11.9. The quantitative estimate of drug-likeness (QED) is 0.650. The number of carbonyl (C=O) groups excluding carboxylic acids is 1. The number of nitrogens with zero attached hydrogens (tertiary/aromatic N) is 3. The second-order valence-corrected chi connectivity index (χ2v) is 9.37. The second kappa shape index (κ2) is 10.7. The summed E-state index contributed by atoms with van der Waals surface area (Å²) in [6, 6.07) is 9.90. The first-order valence-corrected chi connectivity index (χ1v) is 11.4. The van der Waals surface area contributed by atoms with Crippen molar-refractivity contribution in [3.63, 3.8) is 0 Å². The normalized spacial score (nSPS) is 14.2. The summed E-state index contributed by atoms with van der Waals surface area (Å²) in [6.07, 6.45) is 5.22. The molecule has 1 aliphatic heterocycles. The zero-order chi connectivity index (χ0) is 23.1. The van der Waals surface area contributed by atoms with Gasteiger partial charge in [0, 0.05) is 26.7 Å². The number of aliphatic hydroxyl groups is 1. The van der Waals surface area contributed by atoms with Crippen LogP contribution in [0.25, 0.3) is 0 Å². The van der Waals surface area contributed by atoms with Crippen molar-refractivity contribution in [3.8, 4) is 5.75 Å². The molecule has 0 radical (unpaired) electrons. The van der Waals surface area contributed by atoms with E-state index in [-0.39, 0.29) is 24.5 Å². The highest BCUT2D eigenvalue weighted by atomic mass is 16.5. The number of piperidine rings is 1. The molecule has 0 saturated carbocycles. The van der Waals surface area contributed by atoms with Crippen LogP contribution in [0.15, 0.2) is 36.5 Å². The van der Waals surface area contributed by atoms with Crippen molar-refractivity contribution in [2.45, 2.75) is 45.4 Å². The van der Waals surface area contributed by atoms with Crippen molar-refractivity contribution in [1.82, 2.24) is 4.98 Å². The summed E-state index contributed by atoms with van der Waals surface area (Å²) < 4.78 is 5.98. The van der Waals surface area contributed by atoms with Gasteiger partial charge in [-0.2, -0.15) is 0 Å². The van der Waals surface area contributed by atoms with Gasteiger partial charge in [0.2, 0.25) is 0 Å². The molecule has 1 aromatic carbocycles. The number of ether oxygens (including phenoxy) is 1. The van der Waals surface area contributed by atoms with Crippen LogP contribution in [0.5, 0.6) is 5.75 Å². The minimum Gasteiger partial charge on any atom is -0.482 e. The monoisotopic (exact) mass is 440 g/mol. The third kappa shape index (κ3) is 6.36. The Kier molecular flexibility index (Phi) is 7.96. The number of likely N-dealkylation sites (N-methyl/N-ethyl adjacent to an activating group) is 1. The standard InChI is InChI=1S/C25H36N4O3/c1-25(2,3)19-8-10-22(21(16-19)29-12-6-5-7-13-29)32-18-24(31)27-20-9-11-23(26-17-20)28(4)14-15-30/h8-11,16-17,30H,5-7,12-15,18H2,1-4H3,(H,27,31). The number of hydrogen-bond acceptors (Lipinski definition) is 6. The average molecular weight is 441 g/mol. The highest BCUT2D eigenvalue weighted by molar-refractivity contribution is 5.91. The molecule has 0 atom stereocenters. The molecule has 32 heavy (non-hydrogen) atoms. The Morgan fingerprint density at radius 2 is 1.94 bits per heavy atom. The number of benzene rings is 1. The van der Waals surface area contributed by atoms with E-state index in [2.05, 4.69) is 48.1 Å². The molecule has 174 valence electrons. The van der Waals surface area contributed by atoms with Crippen LogP contribution in [0, 0.1) is 0 Å². The Morgan fingerprint density at radius 1 is 1.19 bits per heavy atom. The smallest absolute Gasteiger partial charge is 0.262 e. The lowest BCUT2D eigenvalue weighted by molar-refractivity contribution is -0.118. The molecule has 1 aliphatic rings. The number of nitrogens with one attached hydrogen (secondary N) is 1. The molecule has 1 fully saturated rings. The van der Waals surface area contributed by atoms with E-state index in [0.29, 0.717) is 12.2 Å². The maximum Gasteiger partial charge on any atom is 0.262 e. The van der Waals surface area contributed by atoms with E-state index in [9.17, 15) is 4.79 Å². The number of pyridine rings is 1. The van der Waals surface area contributed by atoms with E-state index >= 15 is 0 Å². The van der Waals surface area contributed by atoms with Gasteiger partial charge in [0.1, 0.15) is 11.6 Å². The minimum absolute atomic E-state index is 0.0465. The molecular weight excluding hydrogens is 404 g/mol. The van der Waals surface area contributed by atoms with Crippen molar-refractivity contribution in [1.29, 1.82) is 0 Å². The first-order chi connectivity index (χ1) is 15.3. The number of rotatable bonds is 8. The largest absolute Gasteiger partial charge is 0.482 e. The van der Waals surface area contributed by atoms with Gasteiger partial charge >= 0.3 is 0 Å². The molecule has 0 unspecified atom stereocenters. The van der Waals surface area contributed by atoms with Crippen molar-refractivity contribution in [2.24, 2.45) is 0 Å². The Labute approximate surface area is 191 Å². The van der Waals surface area contributed by atoms with Gasteiger partial charge in [-0.15, -0.1) is 0 Å². The number of amides is 1. The summed E-state index contributed by atoms with van der Waals surface area (Å²) in [4.78, 5) is 21.0. The fourth-order valence-corrected chi connectivity index (χ4v) is 3.78. The van der Waals surface area contributed by atoms with Crippen molar-refractivity contribution < 1.29 is 14.6 Å². The SMILES string of the molecule is CN(CCO)c1ccc(NC(=O)COc2ccc(C(C)(C)C)cc2N2CCCCC2)cn1. The Hall–Kier alpha value is -2.80. The molecule has 2 N–H and O–H groups in total. The first kappa shape index (κ1) is 23.9. The van der Waals surface area contributed by atoms with Gasteiger partial charge in [-0.1, -0.05) is 26.8 Å². The van der Waals surface area contributed by atoms with Gasteiger partial charge in [-0.05, 0) is 54.5 Å². The van der Waals surface area contributed by atoms with Crippen LogP contribution in [-0.4, -0.2) is 55.9 Å². The van der Waals surface area contributed by atoms with Gasteiger partial charge in [-0.25, -0.2) is 4.98 Å². The predicted octanol–water partition coefficient (Wildman–Crippen LogP) is 3.82. The predicted molar refractivity (Wildman–Crippen MR) is 130 cm³/mol. The fraction of sp³-hybridized carbons (Fsp3) is 0.520. The van der Waals surface area contributed by atoms with Gasteiger partial charge in [0.05, 0.1) is 24.2 Å². The van der Waals surface area contributed by atoms with Crippen LogP contribution >= 0.6 is 0 Å². The number of carbonyl (C=O) groups is 1. The Morgan fingerprint density at radius 3 is 2.56 bits per heavy atom. The first-order valence-electron chi connectivity index (χ1n) is 11.4. The summed E-state index contributed by atoms with van der Waals surface area (Å²) in [5.41, 5.74) is 2.99. The average Bonchev–Trinajstić information content (AvgIpc) is 2.78.